The Bertz CT molecular complexity index is 552. The van der Waals surface area contributed by atoms with Crippen LogP contribution < -0.4 is 4.74 Å². The molecule has 0 bridgehead atoms. The third kappa shape index (κ3) is 2.85. The zero-order valence-corrected chi connectivity index (χ0v) is 9.47. The van der Waals surface area contributed by atoms with E-state index in [0.717, 1.165) is 6.07 Å². The van der Waals surface area contributed by atoms with E-state index in [1.807, 2.05) is 6.07 Å². The molecule has 2 rings (SSSR count). The third-order valence-electron chi connectivity index (χ3n) is 2.44. The molecule has 0 saturated heterocycles. The number of benzene rings is 2. The van der Waals surface area contributed by atoms with Gasteiger partial charge >= 0.3 is 5.97 Å². The van der Waals surface area contributed by atoms with Crippen LogP contribution in [-0.2, 0) is 6.61 Å². The zero-order valence-electron chi connectivity index (χ0n) is 9.47. The van der Waals surface area contributed by atoms with Crippen LogP contribution in [-0.4, -0.2) is 11.1 Å². The van der Waals surface area contributed by atoms with Gasteiger partial charge in [-0.3, -0.25) is 0 Å². The van der Waals surface area contributed by atoms with Crippen molar-refractivity contribution >= 4 is 5.97 Å². The molecule has 0 aromatic heterocycles. The number of carboxylic acid groups (broad SMARTS) is 1. The van der Waals surface area contributed by atoms with Crippen LogP contribution >= 0.6 is 0 Å². The van der Waals surface area contributed by atoms with E-state index in [9.17, 15) is 9.18 Å². The average Bonchev–Trinajstić information content (AvgIpc) is 2.37. The number of aromatic carboxylic acids is 1. The summed E-state index contributed by atoms with van der Waals surface area (Å²) < 4.78 is 18.5. The maximum absolute atomic E-state index is 13.1. The van der Waals surface area contributed by atoms with E-state index in [1.165, 1.54) is 12.1 Å². The van der Waals surface area contributed by atoms with Crippen LogP contribution in [0.4, 0.5) is 4.39 Å². The van der Waals surface area contributed by atoms with Crippen LogP contribution in [0.3, 0.4) is 0 Å². The molecule has 0 atom stereocenters. The van der Waals surface area contributed by atoms with Crippen LogP contribution in [0.2, 0.25) is 0 Å². The summed E-state index contributed by atoms with van der Waals surface area (Å²) in [6.45, 7) is 0.0173. The first-order valence-corrected chi connectivity index (χ1v) is 5.36. The Hall–Kier alpha value is -2.36. The molecule has 0 amide bonds. The predicted molar refractivity (Wildman–Crippen MR) is 64.1 cm³/mol. The van der Waals surface area contributed by atoms with Gasteiger partial charge in [0.15, 0.2) is 0 Å². The second-order valence-electron chi connectivity index (χ2n) is 3.71. The lowest BCUT2D eigenvalue weighted by Gasteiger charge is -2.08. The van der Waals surface area contributed by atoms with Crippen molar-refractivity contribution in [3.05, 3.63) is 65.5 Å². The SMILES string of the molecule is O=C(O)c1ccc(F)cc1COc1ccccc1. The molecule has 0 spiro atoms. The van der Waals surface area contributed by atoms with Gasteiger partial charge < -0.3 is 9.84 Å². The fourth-order valence-corrected chi connectivity index (χ4v) is 1.57. The molecule has 4 heteroatoms. The highest BCUT2D eigenvalue weighted by Crippen LogP contribution is 2.16. The summed E-state index contributed by atoms with van der Waals surface area (Å²) in [6.07, 6.45) is 0. The maximum atomic E-state index is 13.1. The predicted octanol–water partition coefficient (Wildman–Crippen LogP) is 3.10. The fraction of sp³-hybridized carbons (Fsp3) is 0.0714. The number of carboxylic acids is 1. The minimum atomic E-state index is -1.10. The van der Waals surface area contributed by atoms with Gasteiger partial charge in [-0.2, -0.15) is 0 Å². The Labute approximate surface area is 103 Å². The number of carbonyl (C=O) groups is 1. The molecule has 0 aliphatic heterocycles. The fourth-order valence-electron chi connectivity index (χ4n) is 1.57. The first kappa shape index (κ1) is 12.1. The normalized spacial score (nSPS) is 10.1. The molecule has 0 heterocycles. The summed E-state index contributed by atoms with van der Waals surface area (Å²) in [4.78, 5) is 11.0. The molecule has 2 aromatic rings. The van der Waals surface area contributed by atoms with Gasteiger partial charge in [0.25, 0.3) is 0 Å². The summed E-state index contributed by atoms with van der Waals surface area (Å²) in [6, 6.07) is 12.5. The topological polar surface area (TPSA) is 46.5 Å². The standard InChI is InChI=1S/C14H11FO3/c15-11-6-7-13(14(16)17)10(8-11)9-18-12-4-2-1-3-5-12/h1-8H,9H2,(H,16,17). The van der Waals surface area contributed by atoms with Crippen molar-refractivity contribution < 1.29 is 19.0 Å². The van der Waals surface area contributed by atoms with Crippen molar-refractivity contribution in [1.29, 1.82) is 0 Å². The van der Waals surface area contributed by atoms with E-state index < -0.39 is 11.8 Å². The number of halogens is 1. The van der Waals surface area contributed by atoms with E-state index >= 15 is 0 Å². The highest BCUT2D eigenvalue weighted by atomic mass is 19.1. The van der Waals surface area contributed by atoms with Crippen molar-refractivity contribution in [3.63, 3.8) is 0 Å². The monoisotopic (exact) mass is 246 g/mol. The van der Waals surface area contributed by atoms with Crippen LogP contribution in [0.15, 0.2) is 48.5 Å². The summed E-state index contributed by atoms with van der Waals surface area (Å²) in [7, 11) is 0. The maximum Gasteiger partial charge on any atom is 0.336 e. The first-order chi connectivity index (χ1) is 8.66. The lowest BCUT2D eigenvalue weighted by Crippen LogP contribution is -2.06. The lowest BCUT2D eigenvalue weighted by molar-refractivity contribution is 0.0694. The Morgan fingerprint density at radius 2 is 1.89 bits per heavy atom. The molecular weight excluding hydrogens is 235 g/mol. The number of para-hydroxylation sites is 1. The molecule has 0 aliphatic carbocycles. The Kier molecular flexibility index (Phi) is 3.57. The van der Waals surface area contributed by atoms with Crippen LogP contribution in [0.1, 0.15) is 15.9 Å². The van der Waals surface area contributed by atoms with E-state index in [1.54, 1.807) is 24.3 Å². The Morgan fingerprint density at radius 3 is 2.56 bits per heavy atom. The summed E-state index contributed by atoms with van der Waals surface area (Å²) >= 11 is 0. The number of hydrogen-bond donors (Lipinski definition) is 1. The molecule has 3 nitrogen and oxygen atoms in total. The molecule has 0 radical (unpaired) electrons. The number of rotatable bonds is 4. The number of hydrogen-bond acceptors (Lipinski definition) is 2. The smallest absolute Gasteiger partial charge is 0.336 e. The molecular formula is C14H11FO3. The van der Waals surface area contributed by atoms with E-state index in [-0.39, 0.29) is 12.2 Å². The van der Waals surface area contributed by atoms with Gasteiger partial charge in [0.1, 0.15) is 18.2 Å². The molecule has 92 valence electrons. The van der Waals surface area contributed by atoms with Gasteiger partial charge in [0.05, 0.1) is 5.56 Å². The van der Waals surface area contributed by atoms with Crippen LogP contribution in [0, 0.1) is 5.82 Å². The minimum absolute atomic E-state index is 0.0173. The van der Waals surface area contributed by atoms with Gasteiger partial charge in [0, 0.05) is 5.56 Å². The largest absolute Gasteiger partial charge is 0.489 e. The third-order valence-corrected chi connectivity index (χ3v) is 2.44. The van der Waals surface area contributed by atoms with Gasteiger partial charge in [-0.25, -0.2) is 9.18 Å². The van der Waals surface area contributed by atoms with Gasteiger partial charge in [-0.05, 0) is 30.3 Å². The van der Waals surface area contributed by atoms with E-state index in [2.05, 4.69) is 0 Å². The molecule has 1 N–H and O–H groups in total. The number of ether oxygens (including phenoxy) is 1. The zero-order chi connectivity index (χ0) is 13.0. The summed E-state index contributed by atoms with van der Waals surface area (Å²) in [5, 5.41) is 8.98. The van der Waals surface area contributed by atoms with E-state index in [4.69, 9.17) is 9.84 Å². The summed E-state index contributed by atoms with van der Waals surface area (Å²) in [5.41, 5.74) is 0.360. The molecule has 0 aliphatic rings. The van der Waals surface area contributed by atoms with E-state index in [0.29, 0.717) is 11.3 Å². The van der Waals surface area contributed by atoms with Crippen molar-refractivity contribution in [1.82, 2.24) is 0 Å². The van der Waals surface area contributed by atoms with Crippen molar-refractivity contribution in [2.45, 2.75) is 6.61 Å². The second-order valence-corrected chi connectivity index (χ2v) is 3.71. The van der Waals surface area contributed by atoms with Crippen LogP contribution in [0.5, 0.6) is 5.75 Å². The molecule has 0 saturated carbocycles. The van der Waals surface area contributed by atoms with Crippen LogP contribution in [0.25, 0.3) is 0 Å². The molecule has 0 fully saturated rings. The molecule has 18 heavy (non-hydrogen) atoms. The Morgan fingerprint density at radius 1 is 1.17 bits per heavy atom. The quantitative estimate of drug-likeness (QED) is 0.901. The van der Waals surface area contributed by atoms with Gasteiger partial charge in [-0.1, -0.05) is 18.2 Å². The first-order valence-electron chi connectivity index (χ1n) is 5.36. The molecule has 2 aromatic carbocycles. The highest BCUT2D eigenvalue weighted by Gasteiger charge is 2.11. The summed E-state index contributed by atoms with van der Waals surface area (Å²) in [5.74, 6) is -0.966. The Balaban J connectivity index is 2.18. The van der Waals surface area contributed by atoms with Crippen molar-refractivity contribution in [2.24, 2.45) is 0 Å². The van der Waals surface area contributed by atoms with Crippen molar-refractivity contribution in [2.75, 3.05) is 0 Å². The second kappa shape index (κ2) is 5.31. The van der Waals surface area contributed by atoms with Gasteiger partial charge in [-0.15, -0.1) is 0 Å². The molecule has 0 unspecified atom stereocenters. The highest BCUT2D eigenvalue weighted by molar-refractivity contribution is 5.89. The lowest BCUT2D eigenvalue weighted by atomic mass is 10.1. The van der Waals surface area contributed by atoms with Gasteiger partial charge in [0.2, 0.25) is 0 Å². The minimum Gasteiger partial charge on any atom is -0.489 e. The average molecular weight is 246 g/mol. The van der Waals surface area contributed by atoms with Crippen molar-refractivity contribution in [3.8, 4) is 5.75 Å².